The molecule has 0 saturated heterocycles. The lowest BCUT2D eigenvalue weighted by atomic mass is 10.2. The maximum atomic E-state index is 12.1. The van der Waals surface area contributed by atoms with Gasteiger partial charge in [-0.2, -0.15) is 0 Å². The molecule has 0 aliphatic carbocycles. The highest BCUT2D eigenvalue weighted by Gasteiger charge is 2.13. The normalized spacial score (nSPS) is 10.9. The second-order valence-corrected chi connectivity index (χ2v) is 6.36. The van der Waals surface area contributed by atoms with E-state index in [1.807, 2.05) is 6.07 Å². The van der Waals surface area contributed by atoms with Gasteiger partial charge in [-0.05, 0) is 24.1 Å². The molecule has 0 spiro atoms. The average molecular weight is 328 g/mol. The molecule has 0 atom stereocenters. The molecule has 0 fully saturated rings. The lowest BCUT2D eigenvalue weighted by Crippen LogP contribution is -2.37. The fourth-order valence-corrected chi connectivity index (χ4v) is 2.27. The van der Waals surface area contributed by atoms with Gasteiger partial charge in [-0.25, -0.2) is 0 Å². The van der Waals surface area contributed by atoms with Gasteiger partial charge in [-0.3, -0.25) is 9.69 Å². The number of anilines is 1. The zero-order chi connectivity index (χ0) is 15.8. The summed E-state index contributed by atoms with van der Waals surface area (Å²) in [5, 5.41) is 3.44. The number of nitrogens with two attached hydrogens (primary N) is 1. The van der Waals surface area contributed by atoms with Gasteiger partial charge in [0.05, 0.1) is 11.5 Å². The minimum atomic E-state index is -0.0687. The largest absolute Gasteiger partial charge is 0.393 e. The lowest BCUT2D eigenvalue weighted by Gasteiger charge is -2.23. The summed E-state index contributed by atoms with van der Waals surface area (Å²) in [6.07, 6.45) is 0.618. The number of thiocarbonyl (C=S) groups is 1. The van der Waals surface area contributed by atoms with Crippen LogP contribution in [0.3, 0.4) is 0 Å². The Morgan fingerprint density at radius 3 is 2.76 bits per heavy atom. The first-order valence-corrected chi connectivity index (χ1v) is 7.71. The summed E-state index contributed by atoms with van der Waals surface area (Å²) in [5.41, 5.74) is 6.23. The second kappa shape index (κ2) is 8.97. The molecular weight excluding hydrogens is 306 g/mol. The van der Waals surface area contributed by atoms with Crippen molar-refractivity contribution in [2.45, 2.75) is 20.3 Å². The number of benzene rings is 1. The van der Waals surface area contributed by atoms with Crippen molar-refractivity contribution in [2.24, 2.45) is 11.7 Å². The number of carbonyl (C=O) groups excluding carboxylic acids is 1. The van der Waals surface area contributed by atoms with Crippen LogP contribution in [0.2, 0.25) is 5.02 Å². The number of rotatable bonds is 8. The van der Waals surface area contributed by atoms with Gasteiger partial charge in [0.2, 0.25) is 5.91 Å². The second-order valence-electron chi connectivity index (χ2n) is 5.40. The smallest absolute Gasteiger partial charge is 0.238 e. The minimum Gasteiger partial charge on any atom is -0.393 e. The summed E-state index contributed by atoms with van der Waals surface area (Å²) in [6, 6.07) is 7.11. The van der Waals surface area contributed by atoms with E-state index < -0.39 is 0 Å². The molecule has 0 unspecified atom stereocenters. The highest BCUT2D eigenvalue weighted by Crippen LogP contribution is 2.14. The maximum absolute atomic E-state index is 12.1. The fraction of sp³-hybridized carbons (Fsp3) is 0.467. The fourth-order valence-electron chi connectivity index (χ4n) is 1.99. The highest BCUT2D eigenvalue weighted by atomic mass is 35.5. The summed E-state index contributed by atoms with van der Waals surface area (Å²) < 4.78 is 0. The van der Waals surface area contributed by atoms with Gasteiger partial charge in [-0.15, -0.1) is 0 Å². The number of hydrogen-bond donors (Lipinski definition) is 2. The Kier molecular flexibility index (Phi) is 7.64. The number of nitrogens with zero attached hydrogens (tertiary/aromatic N) is 1. The van der Waals surface area contributed by atoms with Crippen molar-refractivity contribution in [3.63, 3.8) is 0 Å². The van der Waals surface area contributed by atoms with E-state index in [0.29, 0.717) is 41.1 Å². The Bertz CT molecular complexity index is 494. The third-order valence-corrected chi connectivity index (χ3v) is 3.21. The van der Waals surface area contributed by atoms with E-state index >= 15 is 0 Å². The molecule has 1 rings (SSSR count). The molecule has 0 saturated carbocycles. The van der Waals surface area contributed by atoms with Gasteiger partial charge in [-0.1, -0.05) is 43.7 Å². The number of halogens is 1. The van der Waals surface area contributed by atoms with Gasteiger partial charge < -0.3 is 11.1 Å². The number of amides is 1. The lowest BCUT2D eigenvalue weighted by molar-refractivity contribution is -0.117. The minimum absolute atomic E-state index is 0.0687. The highest BCUT2D eigenvalue weighted by molar-refractivity contribution is 7.80. The molecule has 0 aromatic heterocycles. The maximum Gasteiger partial charge on any atom is 0.238 e. The predicted molar refractivity (Wildman–Crippen MR) is 92.8 cm³/mol. The SMILES string of the molecule is CC(C)CN(CCC(N)=S)CC(=O)Nc1cccc(Cl)c1. The van der Waals surface area contributed by atoms with E-state index in [1.54, 1.807) is 18.2 Å². The molecule has 1 amide bonds. The molecule has 1 aromatic rings. The molecule has 0 aliphatic rings. The van der Waals surface area contributed by atoms with Crippen LogP contribution < -0.4 is 11.1 Å². The molecule has 1 aromatic carbocycles. The van der Waals surface area contributed by atoms with Crippen molar-refractivity contribution >= 4 is 40.4 Å². The zero-order valence-electron chi connectivity index (χ0n) is 12.4. The van der Waals surface area contributed by atoms with E-state index in [4.69, 9.17) is 29.6 Å². The van der Waals surface area contributed by atoms with Gasteiger partial charge in [0.15, 0.2) is 0 Å². The van der Waals surface area contributed by atoms with Crippen molar-refractivity contribution in [1.82, 2.24) is 4.90 Å². The first kappa shape index (κ1) is 17.9. The van der Waals surface area contributed by atoms with Crippen LogP contribution in [0.15, 0.2) is 24.3 Å². The number of hydrogen-bond acceptors (Lipinski definition) is 3. The van der Waals surface area contributed by atoms with Crippen LogP contribution in [-0.2, 0) is 4.79 Å². The molecular formula is C15H22ClN3OS. The van der Waals surface area contributed by atoms with Gasteiger partial charge >= 0.3 is 0 Å². The topological polar surface area (TPSA) is 58.4 Å². The number of carbonyl (C=O) groups is 1. The van der Waals surface area contributed by atoms with Crippen LogP contribution in [0.1, 0.15) is 20.3 Å². The first-order valence-electron chi connectivity index (χ1n) is 6.93. The molecule has 6 heteroatoms. The van der Waals surface area contributed by atoms with Crippen molar-refractivity contribution < 1.29 is 4.79 Å². The molecule has 0 bridgehead atoms. The van der Waals surface area contributed by atoms with Crippen LogP contribution in [0.25, 0.3) is 0 Å². The Morgan fingerprint density at radius 2 is 2.19 bits per heavy atom. The van der Waals surface area contributed by atoms with Crippen LogP contribution in [0.5, 0.6) is 0 Å². The Morgan fingerprint density at radius 1 is 1.48 bits per heavy atom. The van der Waals surface area contributed by atoms with Crippen LogP contribution in [-0.4, -0.2) is 35.4 Å². The molecule has 4 nitrogen and oxygen atoms in total. The zero-order valence-corrected chi connectivity index (χ0v) is 14.0. The predicted octanol–water partition coefficient (Wildman–Crippen LogP) is 2.91. The van der Waals surface area contributed by atoms with E-state index in [9.17, 15) is 4.79 Å². The van der Waals surface area contributed by atoms with Crippen LogP contribution >= 0.6 is 23.8 Å². The summed E-state index contributed by atoms with van der Waals surface area (Å²) in [4.78, 5) is 14.6. The van der Waals surface area contributed by atoms with Gasteiger partial charge in [0, 0.05) is 30.2 Å². The Hall–Kier alpha value is -1.17. The molecule has 0 radical (unpaired) electrons. The van der Waals surface area contributed by atoms with Crippen LogP contribution in [0, 0.1) is 5.92 Å². The monoisotopic (exact) mass is 327 g/mol. The van der Waals surface area contributed by atoms with E-state index in [0.717, 1.165) is 6.54 Å². The van der Waals surface area contributed by atoms with E-state index in [1.165, 1.54) is 0 Å². The van der Waals surface area contributed by atoms with Crippen LogP contribution in [0.4, 0.5) is 5.69 Å². The van der Waals surface area contributed by atoms with Crippen molar-refractivity contribution in [1.29, 1.82) is 0 Å². The Labute approximate surface area is 136 Å². The summed E-state index contributed by atoms with van der Waals surface area (Å²) in [6.45, 7) is 6.06. The summed E-state index contributed by atoms with van der Waals surface area (Å²) in [7, 11) is 0. The average Bonchev–Trinajstić information content (AvgIpc) is 2.35. The third-order valence-electron chi connectivity index (χ3n) is 2.77. The van der Waals surface area contributed by atoms with Crippen molar-refractivity contribution in [2.75, 3.05) is 25.0 Å². The molecule has 0 heterocycles. The molecule has 0 aliphatic heterocycles. The number of nitrogens with one attached hydrogen (secondary N) is 1. The Balaban J connectivity index is 2.56. The quantitative estimate of drug-likeness (QED) is 0.721. The van der Waals surface area contributed by atoms with Crippen molar-refractivity contribution in [3.8, 4) is 0 Å². The first-order chi connectivity index (χ1) is 9.86. The van der Waals surface area contributed by atoms with E-state index in [-0.39, 0.29) is 5.91 Å². The third kappa shape index (κ3) is 7.99. The van der Waals surface area contributed by atoms with Gasteiger partial charge in [0.25, 0.3) is 0 Å². The standard InChI is InChI=1S/C15H22ClN3OS/c1-11(2)9-19(7-6-14(17)21)10-15(20)18-13-5-3-4-12(16)8-13/h3-5,8,11H,6-7,9-10H2,1-2H3,(H2,17,21)(H,18,20). The summed E-state index contributed by atoms with van der Waals surface area (Å²) in [5.74, 6) is 0.399. The van der Waals surface area contributed by atoms with Gasteiger partial charge in [0.1, 0.15) is 0 Å². The van der Waals surface area contributed by atoms with Crippen molar-refractivity contribution in [3.05, 3.63) is 29.3 Å². The molecule has 21 heavy (non-hydrogen) atoms. The summed E-state index contributed by atoms with van der Waals surface area (Å²) >= 11 is 10.8. The van der Waals surface area contributed by atoms with E-state index in [2.05, 4.69) is 24.1 Å². The molecule has 3 N–H and O–H groups in total. The molecule has 116 valence electrons.